The molecular formula is C17H24N2O2. The van der Waals surface area contributed by atoms with Gasteiger partial charge in [0.15, 0.2) is 0 Å². The fraction of sp³-hybridized carbons (Fsp3) is 0.412. The van der Waals surface area contributed by atoms with Crippen LogP contribution in [-0.2, 0) is 6.54 Å². The summed E-state index contributed by atoms with van der Waals surface area (Å²) in [4.78, 5) is 2.14. The molecule has 114 valence electrons. The van der Waals surface area contributed by atoms with Crippen molar-refractivity contribution in [2.24, 2.45) is 0 Å². The van der Waals surface area contributed by atoms with E-state index in [1.165, 1.54) is 0 Å². The van der Waals surface area contributed by atoms with E-state index in [1.54, 1.807) is 6.92 Å². The largest absolute Gasteiger partial charge is 0.460 e. The van der Waals surface area contributed by atoms with Crippen LogP contribution in [0.3, 0.4) is 0 Å². The summed E-state index contributed by atoms with van der Waals surface area (Å²) in [5.74, 6) is 1.79. The van der Waals surface area contributed by atoms with Crippen molar-refractivity contribution >= 4 is 0 Å². The minimum atomic E-state index is -0.438. The van der Waals surface area contributed by atoms with Gasteiger partial charge in [0.25, 0.3) is 0 Å². The molecule has 2 rings (SSSR count). The lowest BCUT2D eigenvalue weighted by Gasteiger charge is -2.09. The fourth-order valence-corrected chi connectivity index (χ4v) is 2.07. The maximum atomic E-state index is 9.51. The molecule has 4 heteroatoms. The number of likely N-dealkylation sites (N-methyl/N-ethyl adjacent to an activating group) is 1. The highest BCUT2D eigenvalue weighted by molar-refractivity contribution is 5.58. The summed E-state index contributed by atoms with van der Waals surface area (Å²) in [6.45, 7) is 4.44. The topological polar surface area (TPSA) is 48.6 Å². The van der Waals surface area contributed by atoms with Crippen molar-refractivity contribution in [1.29, 1.82) is 0 Å². The number of nitrogens with zero attached hydrogens (tertiary/aromatic N) is 1. The van der Waals surface area contributed by atoms with Gasteiger partial charge in [-0.05, 0) is 38.7 Å². The number of benzene rings is 1. The molecule has 0 aliphatic heterocycles. The van der Waals surface area contributed by atoms with E-state index in [9.17, 15) is 5.11 Å². The highest BCUT2D eigenvalue weighted by Crippen LogP contribution is 2.24. The Balaban J connectivity index is 1.93. The summed E-state index contributed by atoms with van der Waals surface area (Å²) in [7, 11) is 4.12. The van der Waals surface area contributed by atoms with Gasteiger partial charge in [-0.25, -0.2) is 0 Å². The van der Waals surface area contributed by atoms with Crippen molar-refractivity contribution in [3.8, 4) is 11.3 Å². The van der Waals surface area contributed by atoms with Crippen LogP contribution in [0.15, 0.2) is 40.8 Å². The molecule has 0 saturated carbocycles. The van der Waals surface area contributed by atoms with Gasteiger partial charge in [0, 0.05) is 18.7 Å². The molecule has 0 aliphatic carbocycles. The Hall–Kier alpha value is -1.62. The third-order valence-corrected chi connectivity index (χ3v) is 3.37. The van der Waals surface area contributed by atoms with Crippen molar-refractivity contribution in [3.05, 3.63) is 47.7 Å². The normalized spacial score (nSPS) is 12.8. The molecule has 1 atom stereocenters. The van der Waals surface area contributed by atoms with E-state index in [2.05, 4.69) is 24.3 Å². The number of furan rings is 1. The molecule has 0 unspecified atom stereocenters. The van der Waals surface area contributed by atoms with Crippen molar-refractivity contribution < 1.29 is 9.52 Å². The molecule has 0 amide bonds. The SMILES string of the molecule is C[C@@H](O)c1ccc(-c2ccc(CNCCN(C)C)o2)cc1. The highest BCUT2D eigenvalue weighted by atomic mass is 16.3. The van der Waals surface area contributed by atoms with Gasteiger partial charge in [-0.3, -0.25) is 0 Å². The third kappa shape index (κ3) is 4.70. The van der Waals surface area contributed by atoms with E-state index in [4.69, 9.17) is 4.42 Å². The molecule has 0 fully saturated rings. The number of rotatable bonds is 7. The average molecular weight is 288 g/mol. The van der Waals surface area contributed by atoms with E-state index in [1.807, 2.05) is 36.4 Å². The first-order valence-electron chi connectivity index (χ1n) is 7.29. The quantitative estimate of drug-likeness (QED) is 0.769. The van der Waals surface area contributed by atoms with Crippen LogP contribution in [0.1, 0.15) is 24.4 Å². The van der Waals surface area contributed by atoms with Crippen LogP contribution in [0.25, 0.3) is 11.3 Å². The number of hydrogen-bond donors (Lipinski definition) is 2. The van der Waals surface area contributed by atoms with Crippen LogP contribution >= 0.6 is 0 Å². The summed E-state index contributed by atoms with van der Waals surface area (Å²) in [5.41, 5.74) is 1.94. The van der Waals surface area contributed by atoms with Gasteiger partial charge in [-0.2, -0.15) is 0 Å². The van der Waals surface area contributed by atoms with E-state index in [0.29, 0.717) is 0 Å². The van der Waals surface area contributed by atoms with Crippen LogP contribution in [0.5, 0.6) is 0 Å². The zero-order valence-corrected chi connectivity index (χ0v) is 13.0. The molecule has 0 radical (unpaired) electrons. The van der Waals surface area contributed by atoms with E-state index < -0.39 is 6.10 Å². The smallest absolute Gasteiger partial charge is 0.134 e. The van der Waals surface area contributed by atoms with Gasteiger partial charge in [0.2, 0.25) is 0 Å². The monoisotopic (exact) mass is 288 g/mol. The summed E-state index contributed by atoms with van der Waals surface area (Å²) in [5, 5.41) is 12.9. The van der Waals surface area contributed by atoms with Crippen molar-refractivity contribution in [3.63, 3.8) is 0 Å². The zero-order valence-electron chi connectivity index (χ0n) is 13.0. The first kappa shape index (κ1) is 15.8. The van der Waals surface area contributed by atoms with Crippen LogP contribution in [0.2, 0.25) is 0 Å². The predicted octanol–water partition coefficient (Wildman–Crippen LogP) is 2.65. The Kier molecular flexibility index (Phi) is 5.56. The van der Waals surface area contributed by atoms with Gasteiger partial charge >= 0.3 is 0 Å². The fourth-order valence-electron chi connectivity index (χ4n) is 2.07. The van der Waals surface area contributed by atoms with Crippen LogP contribution in [-0.4, -0.2) is 37.2 Å². The van der Waals surface area contributed by atoms with E-state index in [0.717, 1.165) is 42.3 Å². The average Bonchev–Trinajstić information content (AvgIpc) is 2.92. The van der Waals surface area contributed by atoms with Gasteiger partial charge in [0.1, 0.15) is 11.5 Å². The molecular weight excluding hydrogens is 264 g/mol. The van der Waals surface area contributed by atoms with Crippen LogP contribution in [0.4, 0.5) is 0 Å². The zero-order chi connectivity index (χ0) is 15.2. The Labute approximate surface area is 126 Å². The second-order valence-corrected chi connectivity index (χ2v) is 5.54. The minimum absolute atomic E-state index is 0.438. The van der Waals surface area contributed by atoms with Gasteiger partial charge in [0.05, 0.1) is 12.6 Å². The first-order valence-corrected chi connectivity index (χ1v) is 7.29. The summed E-state index contributed by atoms with van der Waals surface area (Å²) in [6, 6.07) is 11.8. The Morgan fingerprint density at radius 3 is 2.48 bits per heavy atom. The molecule has 1 aromatic heterocycles. The molecule has 0 spiro atoms. The second-order valence-electron chi connectivity index (χ2n) is 5.54. The maximum absolute atomic E-state index is 9.51. The summed E-state index contributed by atoms with van der Waals surface area (Å²) in [6.07, 6.45) is -0.438. The van der Waals surface area contributed by atoms with Gasteiger partial charge in [-0.1, -0.05) is 24.3 Å². The molecule has 1 aromatic carbocycles. The molecule has 4 nitrogen and oxygen atoms in total. The molecule has 1 heterocycles. The summed E-state index contributed by atoms with van der Waals surface area (Å²) >= 11 is 0. The third-order valence-electron chi connectivity index (χ3n) is 3.37. The van der Waals surface area contributed by atoms with E-state index in [-0.39, 0.29) is 0 Å². The molecule has 2 N–H and O–H groups in total. The molecule has 0 aliphatic rings. The molecule has 2 aromatic rings. The number of nitrogens with one attached hydrogen (secondary N) is 1. The van der Waals surface area contributed by atoms with Crippen molar-refractivity contribution in [1.82, 2.24) is 10.2 Å². The number of hydrogen-bond acceptors (Lipinski definition) is 4. The van der Waals surface area contributed by atoms with Crippen molar-refractivity contribution in [2.45, 2.75) is 19.6 Å². The van der Waals surface area contributed by atoms with Gasteiger partial charge in [-0.15, -0.1) is 0 Å². The molecule has 0 bridgehead atoms. The number of aliphatic hydroxyl groups excluding tert-OH is 1. The first-order chi connectivity index (χ1) is 10.1. The molecule has 0 saturated heterocycles. The maximum Gasteiger partial charge on any atom is 0.134 e. The van der Waals surface area contributed by atoms with Crippen molar-refractivity contribution in [2.75, 3.05) is 27.2 Å². The lowest BCUT2D eigenvalue weighted by molar-refractivity contribution is 0.199. The van der Waals surface area contributed by atoms with Crippen LogP contribution in [0, 0.1) is 0 Å². The lowest BCUT2D eigenvalue weighted by Crippen LogP contribution is -2.25. The standard InChI is InChI=1S/C17H24N2O2/c1-13(20)14-4-6-15(7-5-14)17-9-8-16(21-17)12-18-10-11-19(2)3/h4-9,13,18,20H,10-12H2,1-3H3/t13-/m1/s1. The van der Waals surface area contributed by atoms with E-state index >= 15 is 0 Å². The second kappa shape index (κ2) is 7.41. The van der Waals surface area contributed by atoms with Crippen LogP contribution < -0.4 is 5.32 Å². The highest BCUT2D eigenvalue weighted by Gasteiger charge is 2.06. The van der Waals surface area contributed by atoms with Gasteiger partial charge < -0.3 is 19.7 Å². The summed E-state index contributed by atoms with van der Waals surface area (Å²) < 4.78 is 5.84. The number of aliphatic hydroxyl groups is 1. The Morgan fingerprint density at radius 1 is 1.14 bits per heavy atom. The molecule has 21 heavy (non-hydrogen) atoms. The minimum Gasteiger partial charge on any atom is -0.460 e. The lowest BCUT2D eigenvalue weighted by atomic mass is 10.1. The Morgan fingerprint density at radius 2 is 1.86 bits per heavy atom. The Bertz CT molecular complexity index is 544. The predicted molar refractivity (Wildman–Crippen MR) is 85.0 cm³/mol.